The predicted molar refractivity (Wildman–Crippen MR) is 142 cm³/mol. The number of ether oxygens (including phenoxy) is 4. The fraction of sp³-hybridized carbons (Fsp3) is 0.321. The van der Waals surface area contributed by atoms with E-state index in [1.165, 1.54) is 11.3 Å². The minimum absolute atomic E-state index is 0.0485. The topological polar surface area (TPSA) is 88.4 Å². The van der Waals surface area contributed by atoms with Gasteiger partial charge in [-0.1, -0.05) is 29.5 Å². The maximum absolute atomic E-state index is 13.8. The monoisotopic (exact) mass is 522 g/mol. The van der Waals surface area contributed by atoms with Gasteiger partial charge in [-0.15, -0.1) is 0 Å². The van der Waals surface area contributed by atoms with Gasteiger partial charge in [-0.25, -0.2) is 9.79 Å². The molecule has 0 saturated heterocycles. The summed E-state index contributed by atoms with van der Waals surface area (Å²) in [6.07, 6.45) is 1.76. The molecule has 8 nitrogen and oxygen atoms in total. The van der Waals surface area contributed by atoms with E-state index in [2.05, 4.69) is 4.99 Å². The van der Waals surface area contributed by atoms with Gasteiger partial charge in [0.05, 0.1) is 48.8 Å². The Bertz CT molecular complexity index is 1520. The van der Waals surface area contributed by atoms with Crippen molar-refractivity contribution in [1.82, 2.24) is 4.57 Å². The van der Waals surface area contributed by atoms with Gasteiger partial charge in [-0.3, -0.25) is 9.36 Å². The third-order valence-corrected chi connectivity index (χ3v) is 6.78. The maximum Gasteiger partial charge on any atom is 0.338 e. The van der Waals surface area contributed by atoms with Crippen LogP contribution in [0, 0.1) is 0 Å². The van der Waals surface area contributed by atoms with Crippen LogP contribution in [0.4, 0.5) is 0 Å². The van der Waals surface area contributed by atoms with Crippen LogP contribution < -0.4 is 29.1 Å². The Morgan fingerprint density at radius 3 is 2.46 bits per heavy atom. The lowest BCUT2D eigenvalue weighted by Crippen LogP contribution is -2.40. The van der Waals surface area contributed by atoms with Gasteiger partial charge < -0.3 is 18.9 Å². The summed E-state index contributed by atoms with van der Waals surface area (Å²) in [5, 5.41) is 0. The highest BCUT2D eigenvalue weighted by Crippen LogP contribution is 2.36. The molecule has 0 spiro atoms. The van der Waals surface area contributed by atoms with Crippen LogP contribution in [-0.4, -0.2) is 37.5 Å². The Kier molecular flexibility index (Phi) is 7.83. The number of benzene rings is 2. The first-order valence-electron chi connectivity index (χ1n) is 12.0. The van der Waals surface area contributed by atoms with Crippen LogP contribution in [-0.2, 0) is 9.53 Å². The Morgan fingerprint density at radius 2 is 1.84 bits per heavy atom. The van der Waals surface area contributed by atoms with Crippen molar-refractivity contribution in [3.63, 3.8) is 0 Å². The minimum Gasteiger partial charge on any atom is -0.497 e. The largest absolute Gasteiger partial charge is 0.497 e. The molecule has 0 bridgehead atoms. The Hall–Kier alpha value is -3.85. The number of fused-ring (bicyclic) bond motifs is 1. The lowest BCUT2D eigenvalue weighted by molar-refractivity contribution is -0.139. The summed E-state index contributed by atoms with van der Waals surface area (Å²) in [6.45, 7) is 7.56. The molecule has 0 N–H and O–H groups in total. The van der Waals surface area contributed by atoms with Gasteiger partial charge in [0.25, 0.3) is 5.56 Å². The van der Waals surface area contributed by atoms with Crippen LogP contribution in [0.5, 0.6) is 17.2 Å². The molecule has 194 valence electrons. The van der Waals surface area contributed by atoms with Crippen molar-refractivity contribution < 1.29 is 23.7 Å². The fourth-order valence-electron chi connectivity index (χ4n) is 4.16. The first kappa shape index (κ1) is 26.2. The molecule has 0 aliphatic carbocycles. The molecule has 1 atom stereocenters. The highest BCUT2D eigenvalue weighted by atomic mass is 32.1. The summed E-state index contributed by atoms with van der Waals surface area (Å²) in [6, 6.07) is 12.1. The van der Waals surface area contributed by atoms with Crippen molar-refractivity contribution in [2.24, 2.45) is 4.99 Å². The summed E-state index contributed by atoms with van der Waals surface area (Å²) in [4.78, 5) is 32.0. The van der Waals surface area contributed by atoms with Crippen molar-refractivity contribution in [2.45, 2.75) is 39.8 Å². The second-order valence-electron chi connectivity index (χ2n) is 8.65. The molecule has 3 aromatic rings. The molecule has 0 saturated carbocycles. The zero-order valence-corrected chi connectivity index (χ0v) is 22.5. The van der Waals surface area contributed by atoms with Crippen LogP contribution >= 0.6 is 11.3 Å². The molecule has 0 fully saturated rings. The van der Waals surface area contributed by atoms with Gasteiger partial charge in [0.2, 0.25) is 0 Å². The number of hydrogen-bond acceptors (Lipinski definition) is 8. The standard InChI is InChI=1S/C28H30N2O6S/c1-7-35-27(32)24-17(4)29-28-30(25(24)19-10-13-21(36-16(2)3)22(15-19)34-6)26(31)23(37-28)14-18-8-11-20(33-5)12-9-18/h8-16,25H,7H2,1-6H3. The quantitative estimate of drug-likeness (QED) is 0.420. The average molecular weight is 523 g/mol. The molecule has 2 aromatic carbocycles. The Morgan fingerprint density at radius 1 is 1.11 bits per heavy atom. The van der Waals surface area contributed by atoms with Crippen LogP contribution in [0.3, 0.4) is 0 Å². The predicted octanol–water partition coefficient (Wildman–Crippen LogP) is 3.60. The first-order chi connectivity index (χ1) is 17.8. The summed E-state index contributed by atoms with van der Waals surface area (Å²) in [5.41, 5.74) is 2.09. The van der Waals surface area contributed by atoms with E-state index in [1.807, 2.05) is 50.3 Å². The van der Waals surface area contributed by atoms with E-state index in [0.717, 1.165) is 11.3 Å². The highest BCUT2D eigenvalue weighted by Gasteiger charge is 2.34. The summed E-state index contributed by atoms with van der Waals surface area (Å²) in [5.74, 6) is 1.29. The van der Waals surface area contributed by atoms with E-state index >= 15 is 0 Å². The van der Waals surface area contributed by atoms with E-state index in [-0.39, 0.29) is 18.3 Å². The number of rotatable bonds is 8. The smallest absolute Gasteiger partial charge is 0.338 e. The van der Waals surface area contributed by atoms with Gasteiger partial charge in [-0.2, -0.15) is 0 Å². The lowest BCUT2D eigenvalue weighted by Gasteiger charge is -2.25. The maximum atomic E-state index is 13.8. The molecule has 9 heteroatoms. The lowest BCUT2D eigenvalue weighted by atomic mass is 9.95. The number of aromatic nitrogens is 1. The van der Waals surface area contributed by atoms with Crippen LogP contribution in [0.25, 0.3) is 6.08 Å². The zero-order valence-electron chi connectivity index (χ0n) is 21.7. The molecule has 2 heterocycles. The molecule has 1 aliphatic rings. The fourth-order valence-corrected chi connectivity index (χ4v) is 5.21. The number of carbonyl (C=O) groups excluding carboxylic acids is 1. The Labute approximate surface area is 219 Å². The number of methoxy groups -OCH3 is 2. The van der Waals surface area contributed by atoms with Crippen LogP contribution in [0.2, 0.25) is 0 Å². The highest BCUT2D eigenvalue weighted by molar-refractivity contribution is 7.07. The SMILES string of the molecule is CCOC(=O)C1=C(C)N=c2sc(=Cc3ccc(OC)cc3)c(=O)n2C1c1ccc(OC(C)C)c(OC)c1. The third-order valence-electron chi connectivity index (χ3n) is 5.80. The van der Waals surface area contributed by atoms with Gasteiger partial charge in [-0.05, 0) is 69.2 Å². The number of esters is 1. The molecule has 0 radical (unpaired) electrons. The second kappa shape index (κ2) is 11.0. The van der Waals surface area contributed by atoms with E-state index in [0.29, 0.717) is 37.7 Å². The molecule has 1 aliphatic heterocycles. The summed E-state index contributed by atoms with van der Waals surface area (Å²) >= 11 is 1.27. The van der Waals surface area contributed by atoms with Gasteiger partial charge in [0, 0.05) is 0 Å². The first-order valence-corrected chi connectivity index (χ1v) is 12.8. The van der Waals surface area contributed by atoms with Gasteiger partial charge >= 0.3 is 5.97 Å². The molecule has 0 amide bonds. The molecule has 1 unspecified atom stereocenters. The number of nitrogens with zero attached hydrogens (tertiary/aromatic N) is 2. The van der Waals surface area contributed by atoms with Crippen molar-refractivity contribution in [3.8, 4) is 17.2 Å². The van der Waals surface area contributed by atoms with Gasteiger partial charge in [0.15, 0.2) is 16.3 Å². The van der Waals surface area contributed by atoms with Crippen molar-refractivity contribution >= 4 is 23.4 Å². The molecule has 1 aromatic heterocycles. The van der Waals surface area contributed by atoms with Crippen LogP contribution in [0.1, 0.15) is 44.9 Å². The number of hydrogen-bond donors (Lipinski definition) is 0. The number of carbonyl (C=O) groups is 1. The zero-order chi connectivity index (χ0) is 26.7. The van der Waals surface area contributed by atoms with E-state index in [1.54, 1.807) is 44.8 Å². The third kappa shape index (κ3) is 5.32. The number of allylic oxidation sites excluding steroid dienone is 1. The minimum atomic E-state index is -0.740. The van der Waals surface area contributed by atoms with Crippen molar-refractivity contribution in [3.05, 3.63) is 84.5 Å². The van der Waals surface area contributed by atoms with E-state index < -0.39 is 12.0 Å². The molecular formula is C28H30N2O6S. The summed E-state index contributed by atoms with van der Waals surface area (Å²) < 4.78 is 24.1. The summed E-state index contributed by atoms with van der Waals surface area (Å²) in [7, 11) is 3.16. The number of thiazole rings is 1. The molecule has 4 rings (SSSR count). The van der Waals surface area contributed by atoms with Crippen molar-refractivity contribution in [1.29, 1.82) is 0 Å². The second-order valence-corrected chi connectivity index (χ2v) is 9.66. The van der Waals surface area contributed by atoms with Crippen LogP contribution in [0.15, 0.2) is 63.5 Å². The van der Waals surface area contributed by atoms with Gasteiger partial charge in [0.1, 0.15) is 5.75 Å². The molecule has 37 heavy (non-hydrogen) atoms. The Balaban J connectivity index is 1.92. The molecular weight excluding hydrogens is 492 g/mol. The van der Waals surface area contributed by atoms with E-state index in [4.69, 9.17) is 18.9 Å². The van der Waals surface area contributed by atoms with E-state index in [9.17, 15) is 9.59 Å². The van der Waals surface area contributed by atoms with Crippen molar-refractivity contribution in [2.75, 3.05) is 20.8 Å². The average Bonchev–Trinajstić information content (AvgIpc) is 3.17. The normalized spacial score (nSPS) is 15.3.